The highest BCUT2D eigenvalue weighted by atomic mass is 16.1. The topological polar surface area (TPSA) is 32.3 Å². The monoisotopic (exact) mass is 322 g/mol. The molecule has 3 heteroatoms. The van der Waals surface area contributed by atoms with E-state index in [1.165, 1.54) is 22.4 Å². The molecular formula is C21H26N2O. The van der Waals surface area contributed by atoms with E-state index in [4.69, 9.17) is 0 Å². The van der Waals surface area contributed by atoms with Crippen molar-refractivity contribution < 1.29 is 4.79 Å². The Morgan fingerprint density at radius 3 is 2.25 bits per heavy atom. The maximum atomic E-state index is 11.7. The number of rotatable bonds is 6. The fourth-order valence-electron chi connectivity index (χ4n) is 3.18. The molecular weight excluding hydrogens is 296 g/mol. The minimum Gasteiger partial charge on any atom is -0.363 e. The van der Waals surface area contributed by atoms with Gasteiger partial charge in [0.1, 0.15) is 0 Å². The Kier molecular flexibility index (Phi) is 5.19. The third-order valence-electron chi connectivity index (χ3n) is 4.47. The summed E-state index contributed by atoms with van der Waals surface area (Å²) in [5.74, 6) is 0.560. The zero-order valence-corrected chi connectivity index (χ0v) is 14.6. The van der Waals surface area contributed by atoms with E-state index in [-0.39, 0.29) is 5.91 Å². The second-order valence-electron chi connectivity index (χ2n) is 6.99. The average molecular weight is 322 g/mol. The van der Waals surface area contributed by atoms with Crippen LogP contribution in [0, 0.1) is 5.92 Å². The molecule has 0 saturated heterocycles. The van der Waals surface area contributed by atoms with Crippen LogP contribution >= 0.6 is 0 Å². The Bertz CT molecular complexity index is 666. The highest BCUT2D eigenvalue weighted by Crippen LogP contribution is 2.28. The molecule has 0 aromatic heterocycles. The summed E-state index contributed by atoms with van der Waals surface area (Å²) in [5.41, 5.74) is 5.38. The molecule has 0 fully saturated rings. The van der Waals surface area contributed by atoms with Gasteiger partial charge in [-0.05, 0) is 41.2 Å². The standard InChI is InChI=1S/C21H26N2O/c1-16(2)13-21(24)22-12-11-17-7-9-20(10-8-17)23-14-18-5-3-4-6-19(18)15-23/h3-10,16H,11-15H2,1-2H3,(H,22,24). The first-order valence-electron chi connectivity index (χ1n) is 8.79. The SMILES string of the molecule is CC(C)CC(=O)NCCc1ccc(N2Cc3ccccc3C2)cc1. The normalized spacial score (nSPS) is 13.2. The van der Waals surface area contributed by atoms with Crippen molar-refractivity contribution in [3.63, 3.8) is 0 Å². The van der Waals surface area contributed by atoms with E-state index in [1.54, 1.807) is 0 Å². The van der Waals surface area contributed by atoms with Crippen LogP contribution in [0.15, 0.2) is 48.5 Å². The van der Waals surface area contributed by atoms with Gasteiger partial charge < -0.3 is 10.2 Å². The van der Waals surface area contributed by atoms with Crippen molar-refractivity contribution in [1.82, 2.24) is 5.32 Å². The lowest BCUT2D eigenvalue weighted by Crippen LogP contribution is -2.26. The lowest BCUT2D eigenvalue weighted by Gasteiger charge is -2.18. The zero-order valence-electron chi connectivity index (χ0n) is 14.6. The lowest BCUT2D eigenvalue weighted by molar-refractivity contribution is -0.121. The number of fused-ring (bicyclic) bond motifs is 1. The number of amides is 1. The molecule has 126 valence electrons. The Morgan fingerprint density at radius 2 is 1.67 bits per heavy atom. The maximum absolute atomic E-state index is 11.7. The summed E-state index contributed by atoms with van der Waals surface area (Å²) in [4.78, 5) is 14.1. The van der Waals surface area contributed by atoms with Crippen LogP contribution in [0.3, 0.4) is 0 Å². The molecule has 0 unspecified atom stereocenters. The number of carbonyl (C=O) groups is 1. The second-order valence-corrected chi connectivity index (χ2v) is 6.99. The Labute approximate surface area is 144 Å². The summed E-state index contributed by atoms with van der Waals surface area (Å²) < 4.78 is 0. The Morgan fingerprint density at radius 1 is 1.04 bits per heavy atom. The van der Waals surface area contributed by atoms with Crippen molar-refractivity contribution in [3.05, 3.63) is 65.2 Å². The summed E-state index contributed by atoms with van der Waals surface area (Å²) in [6, 6.07) is 17.4. The molecule has 1 N–H and O–H groups in total. The molecule has 3 rings (SSSR count). The largest absolute Gasteiger partial charge is 0.363 e. The van der Waals surface area contributed by atoms with Gasteiger partial charge in [-0.3, -0.25) is 4.79 Å². The number of benzene rings is 2. The van der Waals surface area contributed by atoms with Gasteiger partial charge in [0.2, 0.25) is 5.91 Å². The molecule has 2 aromatic carbocycles. The molecule has 1 amide bonds. The molecule has 2 aromatic rings. The molecule has 0 radical (unpaired) electrons. The van der Waals surface area contributed by atoms with Gasteiger partial charge >= 0.3 is 0 Å². The van der Waals surface area contributed by atoms with Gasteiger partial charge in [-0.25, -0.2) is 0 Å². The lowest BCUT2D eigenvalue weighted by atomic mass is 10.1. The van der Waals surface area contributed by atoms with Crippen LogP contribution < -0.4 is 10.2 Å². The molecule has 1 heterocycles. The first kappa shape index (κ1) is 16.6. The number of hydrogen-bond acceptors (Lipinski definition) is 2. The van der Waals surface area contributed by atoms with E-state index in [2.05, 4.69) is 72.6 Å². The van der Waals surface area contributed by atoms with Crippen molar-refractivity contribution in [2.75, 3.05) is 11.4 Å². The van der Waals surface area contributed by atoms with Crippen LogP contribution in [0.25, 0.3) is 0 Å². The number of hydrogen-bond donors (Lipinski definition) is 1. The van der Waals surface area contributed by atoms with Crippen molar-refractivity contribution >= 4 is 11.6 Å². The van der Waals surface area contributed by atoms with Crippen molar-refractivity contribution in [2.24, 2.45) is 5.92 Å². The molecule has 0 atom stereocenters. The third-order valence-corrected chi connectivity index (χ3v) is 4.47. The minimum absolute atomic E-state index is 0.149. The van der Waals surface area contributed by atoms with Crippen LogP contribution in [0.2, 0.25) is 0 Å². The van der Waals surface area contributed by atoms with Crippen LogP contribution in [0.5, 0.6) is 0 Å². The molecule has 24 heavy (non-hydrogen) atoms. The predicted molar refractivity (Wildman–Crippen MR) is 98.9 cm³/mol. The molecule has 0 spiro atoms. The van der Waals surface area contributed by atoms with Gasteiger partial charge in [-0.15, -0.1) is 0 Å². The van der Waals surface area contributed by atoms with E-state index >= 15 is 0 Å². The fourth-order valence-corrected chi connectivity index (χ4v) is 3.18. The highest BCUT2D eigenvalue weighted by Gasteiger charge is 2.18. The smallest absolute Gasteiger partial charge is 0.220 e. The number of nitrogens with zero attached hydrogens (tertiary/aromatic N) is 1. The number of anilines is 1. The van der Waals surface area contributed by atoms with Crippen molar-refractivity contribution in [3.8, 4) is 0 Å². The highest BCUT2D eigenvalue weighted by molar-refractivity contribution is 5.76. The van der Waals surface area contributed by atoms with Gasteiger partial charge in [-0.1, -0.05) is 50.2 Å². The van der Waals surface area contributed by atoms with Crippen molar-refractivity contribution in [1.29, 1.82) is 0 Å². The summed E-state index contributed by atoms with van der Waals surface area (Å²) >= 11 is 0. The Balaban J connectivity index is 1.51. The average Bonchev–Trinajstić information content (AvgIpc) is 2.99. The maximum Gasteiger partial charge on any atom is 0.220 e. The van der Waals surface area contributed by atoms with Crippen LogP contribution in [0.4, 0.5) is 5.69 Å². The van der Waals surface area contributed by atoms with Gasteiger partial charge in [0.25, 0.3) is 0 Å². The predicted octanol–water partition coefficient (Wildman–Crippen LogP) is 3.91. The summed E-state index contributed by atoms with van der Waals surface area (Å²) in [7, 11) is 0. The third kappa shape index (κ3) is 4.16. The van der Waals surface area contributed by atoms with Gasteiger partial charge in [0.15, 0.2) is 0 Å². The van der Waals surface area contributed by atoms with E-state index in [0.717, 1.165) is 19.5 Å². The van der Waals surface area contributed by atoms with E-state index < -0.39 is 0 Å². The van der Waals surface area contributed by atoms with Crippen LogP contribution in [-0.2, 0) is 24.3 Å². The quantitative estimate of drug-likeness (QED) is 0.874. The van der Waals surface area contributed by atoms with Crippen LogP contribution in [-0.4, -0.2) is 12.5 Å². The molecule has 1 aliphatic rings. The molecule has 1 aliphatic heterocycles. The first-order valence-corrected chi connectivity index (χ1v) is 8.79. The molecule has 3 nitrogen and oxygen atoms in total. The molecule has 0 saturated carbocycles. The van der Waals surface area contributed by atoms with E-state index in [1.807, 2.05) is 0 Å². The summed E-state index contributed by atoms with van der Waals surface area (Å²) in [6.45, 7) is 6.81. The molecule has 0 aliphatic carbocycles. The Hall–Kier alpha value is -2.29. The van der Waals surface area contributed by atoms with E-state index in [9.17, 15) is 4.79 Å². The van der Waals surface area contributed by atoms with Gasteiger partial charge in [-0.2, -0.15) is 0 Å². The van der Waals surface area contributed by atoms with Gasteiger partial charge in [0, 0.05) is 31.7 Å². The minimum atomic E-state index is 0.149. The number of carbonyl (C=O) groups excluding carboxylic acids is 1. The first-order chi connectivity index (χ1) is 11.6. The van der Waals surface area contributed by atoms with Crippen LogP contribution in [0.1, 0.15) is 37.0 Å². The summed E-state index contributed by atoms with van der Waals surface area (Å²) in [6.07, 6.45) is 1.48. The summed E-state index contributed by atoms with van der Waals surface area (Å²) in [5, 5.41) is 2.99. The van der Waals surface area contributed by atoms with E-state index in [0.29, 0.717) is 18.9 Å². The zero-order chi connectivity index (χ0) is 16.9. The van der Waals surface area contributed by atoms with Crippen molar-refractivity contribution in [2.45, 2.75) is 39.8 Å². The second kappa shape index (κ2) is 7.52. The molecule has 0 bridgehead atoms. The fraction of sp³-hybridized carbons (Fsp3) is 0.381. The van der Waals surface area contributed by atoms with Gasteiger partial charge in [0.05, 0.1) is 0 Å². The number of nitrogens with one attached hydrogen (secondary N) is 1.